The first kappa shape index (κ1) is 15.4. The van der Waals surface area contributed by atoms with E-state index < -0.39 is 5.60 Å². The highest BCUT2D eigenvalue weighted by atomic mass is 35.5. The fraction of sp³-hybridized carbons (Fsp3) is 0.600. The van der Waals surface area contributed by atoms with Crippen LogP contribution in [0.3, 0.4) is 0 Å². The smallest absolute Gasteiger partial charge is 0.0718 e. The van der Waals surface area contributed by atoms with Gasteiger partial charge in [0.05, 0.1) is 16.3 Å². The summed E-state index contributed by atoms with van der Waals surface area (Å²) in [6, 6.07) is 3.89. The second-order valence-electron chi connectivity index (χ2n) is 6.24. The van der Waals surface area contributed by atoms with E-state index in [1.54, 1.807) is 0 Å². The minimum Gasteiger partial charge on any atom is -0.398 e. The Kier molecular flexibility index (Phi) is 4.47. The number of aliphatic hydroxyl groups is 1. The number of rotatable bonds is 3. The summed E-state index contributed by atoms with van der Waals surface area (Å²) in [5.41, 5.74) is 8.14. The molecule has 2 rings (SSSR count). The lowest BCUT2D eigenvalue weighted by Crippen LogP contribution is -2.50. The number of benzene rings is 1. The summed E-state index contributed by atoms with van der Waals surface area (Å²) in [6.45, 7) is 10.3. The molecule has 1 fully saturated rings. The molecule has 0 atom stereocenters. The van der Waals surface area contributed by atoms with Crippen molar-refractivity contribution in [2.75, 3.05) is 43.4 Å². The Morgan fingerprint density at radius 2 is 1.85 bits per heavy atom. The lowest BCUT2D eigenvalue weighted by molar-refractivity contribution is 0.0345. The summed E-state index contributed by atoms with van der Waals surface area (Å²) in [7, 11) is 0. The van der Waals surface area contributed by atoms with Crippen molar-refractivity contribution < 1.29 is 5.11 Å². The second kappa shape index (κ2) is 5.80. The summed E-state index contributed by atoms with van der Waals surface area (Å²) >= 11 is 6.13. The third-order valence-corrected chi connectivity index (χ3v) is 3.97. The maximum Gasteiger partial charge on any atom is 0.0718 e. The van der Waals surface area contributed by atoms with Gasteiger partial charge in [-0.15, -0.1) is 0 Å². The third-order valence-electron chi connectivity index (χ3n) is 3.64. The Morgan fingerprint density at radius 3 is 2.40 bits per heavy atom. The van der Waals surface area contributed by atoms with E-state index in [4.69, 9.17) is 17.3 Å². The van der Waals surface area contributed by atoms with Gasteiger partial charge in [-0.3, -0.25) is 4.90 Å². The predicted molar refractivity (Wildman–Crippen MR) is 85.6 cm³/mol. The molecule has 0 aromatic heterocycles. The highest BCUT2D eigenvalue weighted by Crippen LogP contribution is 2.30. The van der Waals surface area contributed by atoms with Gasteiger partial charge in [0.1, 0.15) is 0 Å². The Labute approximate surface area is 126 Å². The number of anilines is 2. The Morgan fingerprint density at radius 1 is 1.25 bits per heavy atom. The van der Waals surface area contributed by atoms with Crippen LogP contribution in [-0.2, 0) is 0 Å². The van der Waals surface area contributed by atoms with Gasteiger partial charge < -0.3 is 15.7 Å². The fourth-order valence-corrected chi connectivity index (χ4v) is 2.89. The molecule has 1 aromatic rings. The second-order valence-corrected chi connectivity index (χ2v) is 6.64. The lowest BCUT2D eigenvalue weighted by atomic mass is 10.1. The summed E-state index contributed by atoms with van der Waals surface area (Å²) in [4.78, 5) is 4.63. The zero-order valence-electron chi connectivity index (χ0n) is 12.5. The van der Waals surface area contributed by atoms with Gasteiger partial charge in [-0.1, -0.05) is 11.6 Å². The summed E-state index contributed by atoms with van der Waals surface area (Å²) < 4.78 is 0. The van der Waals surface area contributed by atoms with Crippen molar-refractivity contribution in [2.45, 2.75) is 26.4 Å². The van der Waals surface area contributed by atoms with Gasteiger partial charge in [0, 0.05) is 38.4 Å². The van der Waals surface area contributed by atoms with Crippen molar-refractivity contribution in [1.29, 1.82) is 0 Å². The van der Waals surface area contributed by atoms with Crippen LogP contribution >= 0.6 is 11.6 Å². The van der Waals surface area contributed by atoms with Crippen LogP contribution in [0.4, 0.5) is 11.4 Å². The molecule has 4 nitrogen and oxygen atoms in total. The first-order valence-electron chi connectivity index (χ1n) is 7.01. The number of halogens is 1. The van der Waals surface area contributed by atoms with Crippen molar-refractivity contribution in [1.82, 2.24) is 4.90 Å². The first-order valence-corrected chi connectivity index (χ1v) is 7.39. The summed E-state index contributed by atoms with van der Waals surface area (Å²) in [6.07, 6.45) is 0. The van der Waals surface area contributed by atoms with Crippen LogP contribution < -0.4 is 10.6 Å². The molecule has 1 heterocycles. The molecule has 0 aliphatic carbocycles. The Balaban J connectivity index is 2.02. The van der Waals surface area contributed by atoms with E-state index in [1.165, 1.54) is 0 Å². The molecule has 0 bridgehead atoms. The van der Waals surface area contributed by atoms with Crippen LogP contribution in [0.1, 0.15) is 19.4 Å². The predicted octanol–water partition coefficient (Wildman–Crippen LogP) is 2.12. The minimum atomic E-state index is -0.636. The van der Waals surface area contributed by atoms with E-state index in [1.807, 2.05) is 26.0 Å². The van der Waals surface area contributed by atoms with Crippen LogP contribution in [0.5, 0.6) is 0 Å². The van der Waals surface area contributed by atoms with Crippen molar-refractivity contribution in [3.63, 3.8) is 0 Å². The average molecular weight is 298 g/mol. The molecule has 1 aliphatic heterocycles. The Bertz CT molecular complexity index is 477. The highest BCUT2D eigenvalue weighted by molar-refractivity contribution is 6.33. The molecule has 1 saturated heterocycles. The summed E-state index contributed by atoms with van der Waals surface area (Å²) in [5, 5.41) is 10.5. The van der Waals surface area contributed by atoms with Gasteiger partial charge in [-0.2, -0.15) is 0 Å². The molecule has 0 saturated carbocycles. The van der Waals surface area contributed by atoms with Crippen LogP contribution in [0, 0.1) is 6.92 Å². The number of nitrogens with two attached hydrogens (primary N) is 1. The summed E-state index contributed by atoms with van der Waals surface area (Å²) in [5.74, 6) is 0. The number of nitrogen functional groups attached to an aromatic ring is 1. The van der Waals surface area contributed by atoms with Crippen LogP contribution in [0.2, 0.25) is 5.02 Å². The number of β-amino-alcohol motifs (C(OH)–C–C–N with tert-alkyl or cyclic N) is 1. The van der Waals surface area contributed by atoms with E-state index in [9.17, 15) is 5.11 Å². The van der Waals surface area contributed by atoms with Gasteiger partial charge in [-0.25, -0.2) is 0 Å². The highest BCUT2D eigenvalue weighted by Gasteiger charge is 2.23. The van der Waals surface area contributed by atoms with Crippen LogP contribution in [0.15, 0.2) is 12.1 Å². The van der Waals surface area contributed by atoms with E-state index in [0.717, 1.165) is 37.4 Å². The van der Waals surface area contributed by atoms with E-state index in [0.29, 0.717) is 17.3 Å². The largest absolute Gasteiger partial charge is 0.398 e. The molecular weight excluding hydrogens is 274 g/mol. The Hall–Kier alpha value is -0.970. The standard InChI is InChI=1S/C15H24ClN3O/c1-11-8-13(17)12(16)9-14(11)19-6-4-18(5-7-19)10-15(2,3)20/h8-9,20H,4-7,10,17H2,1-3H3. The molecule has 0 radical (unpaired) electrons. The molecule has 0 amide bonds. The van der Waals surface area contributed by atoms with E-state index >= 15 is 0 Å². The topological polar surface area (TPSA) is 52.7 Å². The number of aryl methyl sites for hydroxylation is 1. The molecule has 3 N–H and O–H groups in total. The quantitative estimate of drug-likeness (QED) is 0.839. The molecule has 112 valence electrons. The van der Waals surface area contributed by atoms with Gasteiger partial charge >= 0.3 is 0 Å². The molecule has 1 aromatic carbocycles. The number of hydrogen-bond acceptors (Lipinski definition) is 4. The van der Waals surface area contributed by atoms with Crippen molar-refractivity contribution >= 4 is 23.0 Å². The third kappa shape index (κ3) is 3.78. The van der Waals surface area contributed by atoms with Crippen LogP contribution in [-0.4, -0.2) is 48.3 Å². The maximum atomic E-state index is 9.88. The van der Waals surface area contributed by atoms with Gasteiger partial charge in [0.25, 0.3) is 0 Å². The number of hydrogen-bond donors (Lipinski definition) is 2. The fourth-order valence-electron chi connectivity index (χ4n) is 2.73. The van der Waals surface area contributed by atoms with Crippen molar-refractivity contribution in [3.8, 4) is 0 Å². The van der Waals surface area contributed by atoms with Crippen LogP contribution in [0.25, 0.3) is 0 Å². The SMILES string of the molecule is Cc1cc(N)c(Cl)cc1N1CCN(CC(C)(C)O)CC1. The molecule has 0 spiro atoms. The molecule has 0 unspecified atom stereocenters. The number of nitrogens with zero attached hydrogens (tertiary/aromatic N) is 2. The minimum absolute atomic E-state index is 0.615. The molecule has 1 aliphatic rings. The van der Waals surface area contributed by atoms with E-state index in [2.05, 4.69) is 16.7 Å². The molecule has 20 heavy (non-hydrogen) atoms. The maximum absolute atomic E-state index is 9.88. The van der Waals surface area contributed by atoms with Crippen molar-refractivity contribution in [2.24, 2.45) is 0 Å². The van der Waals surface area contributed by atoms with Gasteiger partial charge in [0.2, 0.25) is 0 Å². The van der Waals surface area contributed by atoms with Gasteiger partial charge in [-0.05, 0) is 38.5 Å². The monoisotopic (exact) mass is 297 g/mol. The lowest BCUT2D eigenvalue weighted by Gasteiger charge is -2.39. The zero-order valence-corrected chi connectivity index (χ0v) is 13.2. The average Bonchev–Trinajstić information content (AvgIpc) is 2.33. The zero-order chi connectivity index (χ0) is 14.9. The molecular formula is C15H24ClN3O. The van der Waals surface area contributed by atoms with Crippen molar-refractivity contribution in [3.05, 3.63) is 22.7 Å². The number of piperazine rings is 1. The molecule has 5 heteroatoms. The normalized spacial score (nSPS) is 17.6. The van der Waals surface area contributed by atoms with E-state index in [-0.39, 0.29) is 0 Å². The first-order chi connectivity index (χ1) is 9.26. The van der Waals surface area contributed by atoms with Gasteiger partial charge in [0.15, 0.2) is 0 Å².